The molecule has 0 aliphatic heterocycles. The summed E-state index contributed by atoms with van der Waals surface area (Å²) in [4.78, 5) is 18.3. The molecular formula is C20H19F2N3OS. The van der Waals surface area contributed by atoms with Gasteiger partial charge in [0.15, 0.2) is 0 Å². The highest BCUT2D eigenvalue weighted by molar-refractivity contribution is 7.21. The van der Waals surface area contributed by atoms with Crippen molar-refractivity contribution in [2.45, 2.75) is 32.6 Å². The van der Waals surface area contributed by atoms with Gasteiger partial charge in [0.25, 0.3) is 5.91 Å². The smallest absolute Gasteiger partial charge is 0.268 e. The third-order valence-electron chi connectivity index (χ3n) is 5.15. The van der Waals surface area contributed by atoms with Crippen molar-refractivity contribution >= 4 is 38.8 Å². The maximum Gasteiger partial charge on any atom is 0.268 e. The second kappa shape index (κ2) is 6.88. The van der Waals surface area contributed by atoms with Crippen molar-refractivity contribution in [3.05, 3.63) is 52.0 Å². The Morgan fingerprint density at radius 3 is 2.93 bits per heavy atom. The van der Waals surface area contributed by atoms with Crippen molar-refractivity contribution in [2.24, 2.45) is 5.92 Å². The molecule has 0 spiro atoms. The van der Waals surface area contributed by atoms with Gasteiger partial charge in [-0.15, -0.1) is 11.3 Å². The number of aryl methyl sites for hydroxylation is 1. The highest BCUT2D eigenvalue weighted by atomic mass is 32.1. The lowest BCUT2D eigenvalue weighted by Gasteiger charge is -2.22. The molecule has 27 heavy (non-hydrogen) atoms. The molecule has 4 rings (SSSR count). The fraction of sp³-hybridized carbons (Fsp3) is 0.300. The Morgan fingerprint density at radius 2 is 2.19 bits per heavy atom. The highest BCUT2D eigenvalue weighted by Crippen LogP contribution is 2.37. The molecule has 3 aromatic rings. The number of hydrogen-bond acceptors (Lipinski definition) is 4. The number of fused-ring (bicyclic) bond motifs is 2. The first-order valence-electron chi connectivity index (χ1n) is 8.93. The Bertz CT molecular complexity index is 1050. The molecule has 1 aliphatic rings. The van der Waals surface area contributed by atoms with Crippen LogP contribution in [0, 0.1) is 17.6 Å². The predicted octanol–water partition coefficient (Wildman–Crippen LogP) is 4.92. The van der Waals surface area contributed by atoms with Crippen LogP contribution < -0.4 is 11.1 Å². The largest absolute Gasteiger partial charge is 0.397 e. The van der Waals surface area contributed by atoms with E-state index in [1.165, 1.54) is 23.0 Å². The maximum absolute atomic E-state index is 13.8. The number of carbonyl (C=O) groups is 1. The molecule has 0 fully saturated rings. The topological polar surface area (TPSA) is 68.0 Å². The van der Waals surface area contributed by atoms with Crippen molar-refractivity contribution in [1.29, 1.82) is 0 Å². The van der Waals surface area contributed by atoms with Crippen LogP contribution in [0.25, 0.3) is 10.2 Å². The molecule has 2 heterocycles. The molecule has 140 valence electrons. The van der Waals surface area contributed by atoms with E-state index < -0.39 is 17.5 Å². The number of nitrogens with one attached hydrogen (secondary N) is 1. The second-order valence-electron chi connectivity index (χ2n) is 6.89. The van der Waals surface area contributed by atoms with Crippen molar-refractivity contribution in [3.63, 3.8) is 0 Å². The summed E-state index contributed by atoms with van der Waals surface area (Å²) in [6.07, 6.45) is 4.17. The molecule has 0 saturated heterocycles. The molecule has 1 aromatic carbocycles. The first-order valence-corrected chi connectivity index (χ1v) is 9.75. The van der Waals surface area contributed by atoms with Gasteiger partial charge in [-0.25, -0.2) is 13.8 Å². The Labute approximate surface area is 159 Å². The average Bonchev–Trinajstić information content (AvgIpc) is 2.97. The fourth-order valence-electron chi connectivity index (χ4n) is 3.55. The summed E-state index contributed by atoms with van der Waals surface area (Å²) in [5, 5.41) is 3.23. The van der Waals surface area contributed by atoms with Crippen molar-refractivity contribution in [1.82, 2.24) is 4.98 Å². The quantitative estimate of drug-likeness (QED) is 0.670. The summed E-state index contributed by atoms with van der Waals surface area (Å²) in [7, 11) is 0. The van der Waals surface area contributed by atoms with Gasteiger partial charge in [0.1, 0.15) is 21.3 Å². The summed E-state index contributed by atoms with van der Waals surface area (Å²) in [6.45, 7) is 2.19. The van der Waals surface area contributed by atoms with Crippen LogP contribution in [0.2, 0.25) is 0 Å². The number of carbonyl (C=O) groups excluding carboxylic acids is 1. The number of amides is 1. The number of thiophene rings is 1. The molecule has 2 aromatic heterocycles. The molecular weight excluding hydrogens is 368 g/mol. The van der Waals surface area contributed by atoms with Crippen LogP contribution in [0.5, 0.6) is 0 Å². The van der Waals surface area contributed by atoms with Gasteiger partial charge in [-0.05, 0) is 48.9 Å². The van der Waals surface area contributed by atoms with E-state index in [1.54, 1.807) is 0 Å². The third-order valence-corrected chi connectivity index (χ3v) is 6.26. The van der Waals surface area contributed by atoms with Crippen molar-refractivity contribution < 1.29 is 13.6 Å². The Balaban J connectivity index is 1.68. The first-order chi connectivity index (χ1) is 13.0. The number of nitrogens with two attached hydrogens (primary N) is 1. The zero-order valence-corrected chi connectivity index (χ0v) is 15.6. The van der Waals surface area contributed by atoms with E-state index in [9.17, 15) is 13.6 Å². The molecule has 7 heteroatoms. The summed E-state index contributed by atoms with van der Waals surface area (Å²) in [5.41, 5.74) is 8.75. The number of pyridine rings is 1. The normalized spacial score (nSPS) is 16.3. The zero-order valence-electron chi connectivity index (χ0n) is 14.8. The highest BCUT2D eigenvalue weighted by Gasteiger charge is 2.23. The van der Waals surface area contributed by atoms with E-state index in [1.807, 2.05) is 6.07 Å². The van der Waals surface area contributed by atoms with Crippen LogP contribution in [-0.4, -0.2) is 10.9 Å². The van der Waals surface area contributed by atoms with Crippen molar-refractivity contribution in [2.75, 3.05) is 11.1 Å². The van der Waals surface area contributed by atoms with E-state index in [0.717, 1.165) is 48.9 Å². The number of halogens is 2. The Kier molecular flexibility index (Phi) is 4.55. The van der Waals surface area contributed by atoms with Crippen molar-refractivity contribution in [3.8, 4) is 0 Å². The van der Waals surface area contributed by atoms with Gasteiger partial charge in [-0.3, -0.25) is 4.79 Å². The van der Waals surface area contributed by atoms with Crippen LogP contribution in [-0.2, 0) is 12.8 Å². The second-order valence-corrected chi connectivity index (χ2v) is 7.89. The number of aromatic nitrogens is 1. The molecule has 4 nitrogen and oxygen atoms in total. The van der Waals surface area contributed by atoms with Gasteiger partial charge in [-0.1, -0.05) is 13.3 Å². The number of anilines is 2. The minimum absolute atomic E-state index is 0.0868. The number of nitrogens with zero attached hydrogens (tertiary/aromatic N) is 1. The van der Waals surface area contributed by atoms with Crippen LogP contribution in [0.15, 0.2) is 24.3 Å². The van der Waals surface area contributed by atoms with E-state index in [0.29, 0.717) is 16.4 Å². The standard InChI is InChI=1S/C20H19F2N3OS/c1-2-10-3-5-15-11(7-10)8-13-17(23)18(27-20(13)25-15)19(26)24-16-6-4-12(21)9-14(16)22/h4,6,8-10H,2-3,5,7,23H2,1H3,(H,24,26). The zero-order chi connectivity index (χ0) is 19.1. The summed E-state index contributed by atoms with van der Waals surface area (Å²) in [6, 6.07) is 5.05. The van der Waals surface area contributed by atoms with E-state index in [4.69, 9.17) is 10.7 Å². The molecule has 1 aliphatic carbocycles. The van der Waals surface area contributed by atoms with Gasteiger partial charge >= 0.3 is 0 Å². The van der Waals surface area contributed by atoms with Gasteiger partial charge in [-0.2, -0.15) is 0 Å². The molecule has 1 amide bonds. The van der Waals surface area contributed by atoms with Crippen LogP contribution >= 0.6 is 11.3 Å². The number of rotatable bonds is 3. The molecule has 0 radical (unpaired) electrons. The monoisotopic (exact) mass is 387 g/mol. The third kappa shape index (κ3) is 3.27. The minimum Gasteiger partial charge on any atom is -0.397 e. The molecule has 0 saturated carbocycles. The van der Waals surface area contributed by atoms with Gasteiger partial charge < -0.3 is 11.1 Å². The summed E-state index contributed by atoms with van der Waals surface area (Å²) >= 11 is 1.19. The molecule has 3 N–H and O–H groups in total. The Morgan fingerprint density at radius 1 is 1.37 bits per heavy atom. The van der Waals surface area contributed by atoms with Crippen LogP contribution in [0.3, 0.4) is 0 Å². The van der Waals surface area contributed by atoms with Gasteiger partial charge in [0, 0.05) is 17.1 Å². The lowest BCUT2D eigenvalue weighted by atomic mass is 9.85. The average molecular weight is 387 g/mol. The molecule has 1 unspecified atom stereocenters. The van der Waals surface area contributed by atoms with Gasteiger partial charge in [0.2, 0.25) is 0 Å². The first kappa shape index (κ1) is 17.9. The van der Waals surface area contributed by atoms with E-state index >= 15 is 0 Å². The number of nitrogen functional groups attached to an aromatic ring is 1. The summed E-state index contributed by atoms with van der Waals surface area (Å²) < 4.78 is 26.8. The number of benzene rings is 1. The van der Waals surface area contributed by atoms with Crippen LogP contribution in [0.4, 0.5) is 20.2 Å². The minimum atomic E-state index is -0.831. The van der Waals surface area contributed by atoms with Gasteiger partial charge in [0.05, 0.1) is 11.4 Å². The molecule has 0 bridgehead atoms. The molecule has 1 atom stereocenters. The van der Waals surface area contributed by atoms with E-state index in [-0.39, 0.29) is 10.6 Å². The Hall–Kier alpha value is -2.54. The van der Waals surface area contributed by atoms with Crippen LogP contribution in [0.1, 0.15) is 40.7 Å². The van der Waals surface area contributed by atoms with E-state index in [2.05, 4.69) is 12.2 Å². The predicted molar refractivity (Wildman–Crippen MR) is 104 cm³/mol. The fourth-order valence-corrected chi connectivity index (χ4v) is 4.54. The summed E-state index contributed by atoms with van der Waals surface area (Å²) in [5.74, 6) is -1.40. The lowest BCUT2D eigenvalue weighted by Crippen LogP contribution is -2.14. The maximum atomic E-state index is 13.8. The number of hydrogen-bond donors (Lipinski definition) is 2. The SMILES string of the molecule is CCC1CCc2nc3sc(C(=O)Nc4ccc(F)cc4F)c(N)c3cc2C1. The lowest BCUT2D eigenvalue weighted by molar-refractivity contribution is 0.103.